The second-order valence-corrected chi connectivity index (χ2v) is 5.42. The number of amides is 1. The molecule has 1 aliphatic rings. The molecule has 1 aromatic rings. The van der Waals surface area contributed by atoms with Crippen molar-refractivity contribution in [2.45, 2.75) is 37.9 Å². The normalized spacial score (nSPS) is 17.2. The molecule has 1 saturated carbocycles. The Bertz CT molecular complexity index is 548. The van der Waals surface area contributed by atoms with E-state index in [-0.39, 0.29) is 11.1 Å². The van der Waals surface area contributed by atoms with Crippen LogP contribution in [0.1, 0.15) is 46.4 Å². The van der Waals surface area contributed by atoms with Crippen LogP contribution in [0.15, 0.2) is 24.3 Å². The molecule has 1 aromatic carbocycles. The van der Waals surface area contributed by atoms with Crippen LogP contribution in [-0.4, -0.2) is 29.2 Å². The third kappa shape index (κ3) is 3.78. The van der Waals surface area contributed by atoms with Crippen LogP contribution < -0.4 is 5.32 Å². The molecule has 7 heteroatoms. The zero-order valence-electron chi connectivity index (χ0n) is 11.7. The zero-order valence-corrected chi connectivity index (χ0v) is 11.7. The maximum Gasteiger partial charge on any atom is 0.408 e. The van der Waals surface area contributed by atoms with Gasteiger partial charge in [-0.3, -0.25) is 4.79 Å². The monoisotopic (exact) mass is 315 g/mol. The van der Waals surface area contributed by atoms with Crippen LogP contribution in [0.2, 0.25) is 0 Å². The number of rotatable bonds is 4. The Balaban J connectivity index is 2.11. The average Bonchev–Trinajstić information content (AvgIpc) is 2.97. The van der Waals surface area contributed by atoms with Gasteiger partial charge in [-0.2, -0.15) is 13.2 Å². The number of carboxylic acid groups (broad SMARTS) is 1. The summed E-state index contributed by atoms with van der Waals surface area (Å²) < 4.78 is 39.4. The minimum atomic E-state index is -4.49. The standard InChI is InChI=1S/C15H16F3NO3/c16-15(17,18)12(9-3-1-2-4-9)19-13(20)10-5-7-11(8-6-10)14(21)22/h5-9,12H,1-4H2,(H,19,20)(H,21,22). The van der Waals surface area contributed by atoms with Crippen LogP contribution in [0.5, 0.6) is 0 Å². The van der Waals surface area contributed by atoms with Gasteiger partial charge in [0, 0.05) is 5.56 Å². The van der Waals surface area contributed by atoms with Crippen LogP contribution in [0.3, 0.4) is 0 Å². The molecule has 22 heavy (non-hydrogen) atoms. The molecule has 0 bridgehead atoms. The van der Waals surface area contributed by atoms with Crippen LogP contribution in [0, 0.1) is 5.92 Å². The SMILES string of the molecule is O=C(O)c1ccc(C(=O)NC(C2CCCC2)C(F)(F)F)cc1. The molecule has 2 rings (SSSR count). The Morgan fingerprint density at radius 1 is 1.09 bits per heavy atom. The fraction of sp³-hybridized carbons (Fsp3) is 0.467. The summed E-state index contributed by atoms with van der Waals surface area (Å²) >= 11 is 0. The lowest BCUT2D eigenvalue weighted by molar-refractivity contribution is -0.164. The Kier molecular flexibility index (Phi) is 4.73. The Hall–Kier alpha value is -2.05. The van der Waals surface area contributed by atoms with Gasteiger partial charge in [-0.25, -0.2) is 4.79 Å². The van der Waals surface area contributed by atoms with Gasteiger partial charge in [0.05, 0.1) is 5.56 Å². The quantitative estimate of drug-likeness (QED) is 0.896. The summed E-state index contributed by atoms with van der Waals surface area (Å²) in [5.41, 5.74) is -0.0167. The molecule has 1 unspecified atom stereocenters. The number of halogens is 3. The van der Waals surface area contributed by atoms with Crippen LogP contribution in [-0.2, 0) is 0 Å². The number of carbonyl (C=O) groups is 2. The van der Waals surface area contributed by atoms with Crippen molar-refractivity contribution in [2.75, 3.05) is 0 Å². The van der Waals surface area contributed by atoms with Crippen molar-refractivity contribution in [1.29, 1.82) is 0 Å². The lowest BCUT2D eigenvalue weighted by atomic mass is 9.97. The van der Waals surface area contributed by atoms with Gasteiger partial charge in [-0.15, -0.1) is 0 Å². The third-order valence-corrected chi connectivity index (χ3v) is 3.90. The highest BCUT2D eigenvalue weighted by Crippen LogP contribution is 2.35. The molecule has 1 fully saturated rings. The first kappa shape index (κ1) is 16.3. The van der Waals surface area contributed by atoms with E-state index in [1.165, 1.54) is 24.3 Å². The number of benzene rings is 1. The van der Waals surface area contributed by atoms with Crippen molar-refractivity contribution in [3.8, 4) is 0 Å². The molecule has 0 radical (unpaired) electrons. The smallest absolute Gasteiger partial charge is 0.408 e. The zero-order chi connectivity index (χ0) is 16.3. The molecular weight excluding hydrogens is 299 g/mol. The van der Waals surface area contributed by atoms with Crippen molar-refractivity contribution in [1.82, 2.24) is 5.32 Å². The molecule has 0 heterocycles. The minimum Gasteiger partial charge on any atom is -0.478 e. The van der Waals surface area contributed by atoms with Gasteiger partial charge in [0.1, 0.15) is 6.04 Å². The van der Waals surface area contributed by atoms with Crippen LogP contribution >= 0.6 is 0 Å². The summed E-state index contributed by atoms with van der Waals surface area (Å²) in [6.07, 6.45) is -2.13. The van der Waals surface area contributed by atoms with Crippen molar-refractivity contribution < 1.29 is 27.9 Å². The number of hydrogen-bond acceptors (Lipinski definition) is 2. The molecule has 0 aliphatic heterocycles. The predicted molar refractivity (Wildman–Crippen MR) is 72.7 cm³/mol. The molecule has 0 spiro atoms. The van der Waals surface area contributed by atoms with E-state index in [1.807, 2.05) is 0 Å². The van der Waals surface area contributed by atoms with Gasteiger partial charge < -0.3 is 10.4 Å². The Morgan fingerprint density at radius 3 is 2.05 bits per heavy atom. The molecule has 0 aromatic heterocycles. The highest BCUT2D eigenvalue weighted by atomic mass is 19.4. The first-order valence-corrected chi connectivity index (χ1v) is 7.00. The maximum absolute atomic E-state index is 13.1. The van der Waals surface area contributed by atoms with Gasteiger partial charge in [-0.05, 0) is 43.0 Å². The maximum atomic E-state index is 13.1. The number of carboxylic acids is 1. The van der Waals surface area contributed by atoms with E-state index < -0.39 is 30.0 Å². The van der Waals surface area contributed by atoms with Crippen LogP contribution in [0.4, 0.5) is 13.2 Å². The first-order valence-electron chi connectivity index (χ1n) is 7.00. The van der Waals surface area contributed by atoms with Gasteiger partial charge in [0.2, 0.25) is 0 Å². The third-order valence-electron chi connectivity index (χ3n) is 3.90. The number of carbonyl (C=O) groups excluding carboxylic acids is 1. The van der Waals surface area contributed by atoms with Gasteiger partial charge >= 0.3 is 12.1 Å². The van der Waals surface area contributed by atoms with Crippen molar-refractivity contribution in [2.24, 2.45) is 5.92 Å². The molecule has 1 amide bonds. The first-order chi connectivity index (χ1) is 10.3. The number of hydrogen-bond donors (Lipinski definition) is 2. The topological polar surface area (TPSA) is 66.4 Å². The lowest BCUT2D eigenvalue weighted by Gasteiger charge is -2.27. The van der Waals surface area contributed by atoms with E-state index in [4.69, 9.17) is 5.11 Å². The highest BCUT2D eigenvalue weighted by molar-refractivity contribution is 5.96. The number of alkyl halides is 3. The Morgan fingerprint density at radius 2 is 1.59 bits per heavy atom. The number of aromatic carboxylic acids is 1. The largest absolute Gasteiger partial charge is 0.478 e. The number of nitrogens with one attached hydrogen (secondary N) is 1. The van der Waals surface area contributed by atoms with E-state index in [2.05, 4.69) is 5.32 Å². The molecule has 2 N–H and O–H groups in total. The Labute approximate surface area is 125 Å². The summed E-state index contributed by atoms with van der Waals surface area (Å²) in [4.78, 5) is 22.7. The van der Waals surface area contributed by atoms with E-state index in [0.29, 0.717) is 12.8 Å². The second-order valence-electron chi connectivity index (χ2n) is 5.42. The molecule has 0 saturated heterocycles. The summed E-state index contributed by atoms with van der Waals surface area (Å²) in [7, 11) is 0. The van der Waals surface area contributed by atoms with Crippen molar-refractivity contribution >= 4 is 11.9 Å². The van der Waals surface area contributed by atoms with Gasteiger partial charge in [0.15, 0.2) is 0 Å². The lowest BCUT2D eigenvalue weighted by Crippen LogP contribution is -2.49. The van der Waals surface area contributed by atoms with Crippen molar-refractivity contribution in [3.63, 3.8) is 0 Å². The average molecular weight is 315 g/mol. The van der Waals surface area contributed by atoms with E-state index in [1.54, 1.807) is 0 Å². The van der Waals surface area contributed by atoms with E-state index in [0.717, 1.165) is 12.8 Å². The molecule has 1 aliphatic carbocycles. The summed E-state index contributed by atoms with van der Waals surface area (Å²) in [6.45, 7) is 0. The fourth-order valence-electron chi connectivity index (χ4n) is 2.75. The summed E-state index contributed by atoms with van der Waals surface area (Å²) in [6, 6.07) is 2.94. The molecular formula is C15H16F3NO3. The molecule has 120 valence electrons. The van der Waals surface area contributed by atoms with Crippen molar-refractivity contribution in [3.05, 3.63) is 35.4 Å². The highest BCUT2D eigenvalue weighted by Gasteiger charge is 2.46. The van der Waals surface area contributed by atoms with E-state index in [9.17, 15) is 22.8 Å². The molecule has 1 atom stereocenters. The van der Waals surface area contributed by atoms with Gasteiger partial charge in [0.25, 0.3) is 5.91 Å². The van der Waals surface area contributed by atoms with Crippen LogP contribution in [0.25, 0.3) is 0 Å². The van der Waals surface area contributed by atoms with Gasteiger partial charge in [-0.1, -0.05) is 12.8 Å². The summed E-state index contributed by atoms with van der Waals surface area (Å²) in [5, 5.41) is 10.8. The fourth-order valence-corrected chi connectivity index (χ4v) is 2.75. The second kappa shape index (κ2) is 6.37. The summed E-state index contributed by atoms with van der Waals surface area (Å²) in [5.74, 6) is -2.60. The molecule has 4 nitrogen and oxygen atoms in total. The van der Waals surface area contributed by atoms with E-state index >= 15 is 0 Å². The minimum absolute atomic E-state index is 0.0113. The predicted octanol–water partition coefficient (Wildman–Crippen LogP) is 3.24.